The van der Waals surface area contributed by atoms with Gasteiger partial charge < -0.3 is 16.0 Å². The average molecular weight is 520 g/mol. The van der Waals surface area contributed by atoms with Crippen LogP contribution in [-0.4, -0.2) is 37.7 Å². The van der Waals surface area contributed by atoms with Crippen molar-refractivity contribution in [2.75, 3.05) is 10.6 Å². The molecule has 3 aromatic rings. The van der Waals surface area contributed by atoms with Gasteiger partial charge in [0, 0.05) is 18.2 Å². The number of fused-ring (bicyclic) bond motifs is 1. The van der Waals surface area contributed by atoms with Crippen molar-refractivity contribution in [1.29, 1.82) is 0 Å². The van der Waals surface area contributed by atoms with E-state index in [9.17, 15) is 27.6 Å². The van der Waals surface area contributed by atoms with E-state index >= 15 is 0 Å². The standard InChI is InChI=1S/C22H20F3N7O3S/c1-2-11-7-26-15(6-13(11)22(23,24)25)31-20(34)14-8-27-17(36-14)9-28-21(35)18-12-4-3-5-16(33)32-19(12)30-10-29-18/h6-8,10H,2-5,9H2,1H3,(H,28,35)(H,26,31,34)(H,29,30,32,33). The predicted molar refractivity (Wildman–Crippen MR) is 123 cm³/mol. The fraction of sp³-hybridized carbons (Fsp3) is 0.318. The minimum absolute atomic E-state index is 0.0103. The fourth-order valence-corrected chi connectivity index (χ4v) is 4.34. The van der Waals surface area contributed by atoms with Crippen LogP contribution in [0.5, 0.6) is 0 Å². The lowest BCUT2D eigenvalue weighted by Crippen LogP contribution is -2.25. The van der Waals surface area contributed by atoms with Gasteiger partial charge >= 0.3 is 6.18 Å². The summed E-state index contributed by atoms with van der Waals surface area (Å²) >= 11 is 0.970. The van der Waals surface area contributed by atoms with Gasteiger partial charge in [-0.25, -0.2) is 19.9 Å². The number of pyridine rings is 1. The van der Waals surface area contributed by atoms with E-state index in [1.807, 2.05) is 0 Å². The van der Waals surface area contributed by atoms with Crippen LogP contribution in [0.2, 0.25) is 0 Å². The Morgan fingerprint density at radius 3 is 2.67 bits per heavy atom. The molecular formula is C22H20F3N7O3S. The van der Waals surface area contributed by atoms with Gasteiger partial charge in [-0.05, 0) is 30.9 Å². The summed E-state index contributed by atoms with van der Waals surface area (Å²) in [6.45, 7) is 1.57. The molecular weight excluding hydrogens is 499 g/mol. The van der Waals surface area contributed by atoms with Gasteiger partial charge in [-0.2, -0.15) is 13.2 Å². The van der Waals surface area contributed by atoms with Gasteiger partial charge in [-0.1, -0.05) is 6.92 Å². The molecule has 0 unspecified atom stereocenters. The third kappa shape index (κ3) is 5.64. The molecule has 188 valence electrons. The first kappa shape index (κ1) is 25.2. The average Bonchev–Trinajstić information content (AvgIpc) is 3.23. The molecule has 36 heavy (non-hydrogen) atoms. The van der Waals surface area contributed by atoms with E-state index in [1.165, 1.54) is 12.5 Å². The lowest BCUT2D eigenvalue weighted by molar-refractivity contribution is -0.138. The number of hydrogen-bond donors (Lipinski definition) is 3. The number of anilines is 2. The van der Waals surface area contributed by atoms with Crippen LogP contribution in [0.1, 0.15) is 61.6 Å². The number of nitrogens with zero attached hydrogens (tertiary/aromatic N) is 4. The van der Waals surface area contributed by atoms with Crippen molar-refractivity contribution in [3.05, 3.63) is 57.1 Å². The zero-order chi connectivity index (χ0) is 25.9. The van der Waals surface area contributed by atoms with E-state index in [0.717, 1.165) is 23.6 Å². The number of carbonyl (C=O) groups is 3. The minimum Gasteiger partial charge on any atom is -0.344 e. The molecule has 0 spiro atoms. The molecule has 3 aromatic heterocycles. The minimum atomic E-state index is -4.57. The Balaban J connectivity index is 1.41. The Labute approximate surface area is 206 Å². The molecule has 0 atom stereocenters. The molecule has 3 N–H and O–H groups in total. The van der Waals surface area contributed by atoms with Crippen molar-refractivity contribution in [2.45, 2.75) is 45.3 Å². The number of aromatic nitrogens is 4. The molecule has 0 saturated carbocycles. The number of rotatable bonds is 6. The Bertz CT molecular complexity index is 1330. The van der Waals surface area contributed by atoms with Crippen molar-refractivity contribution >= 4 is 40.7 Å². The molecule has 0 fully saturated rings. The first-order chi connectivity index (χ1) is 17.2. The summed E-state index contributed by atoms with van der Waals surface area (Å²) in [5, 5.41) is 8.07. The highest BCUT2D eigenvalue weighted by atomic mass is 32.1. The third-order valence-electron chi connectivity index (χ3n) is 5.34. The highest BCUT2D eigenvalue weighted by molar-refractivity contribution is 7.13. The normalized spacial score (nSPS) is 13.4. The SMILES string of the molecule is CCc1cnc(NC(=O)c2cnc(CNC(=O)c3ncnc4c3CCCC(=O)N4)s2)cc1C(F)(F)F. The number of nitrogens with one attached hydrogen (secondary N) is 3. The molecule has 4 heterocycles. The molecule has 0 bridgehead atoms. The van der Waals surface area contributed by atoms with Gasteiger partial charge in [0.25, 0.3) is 11.8 Å². The number of amides is 3. The number of thiazole rings is 1. The smallest absolute Gasteiger partial charge is 0.344 e. The van der Waals surface area contributed by atoms with E-state index in [1.54, 1.807) is 6.92 Å². The third-order valence-corrected chi connectivity index (χ3v) is 6.34. The Hall–Kier alpha value is -3.94. The predicted octanol–water partition coefficient (Wildman–Crippen LogP) is 3.37. The topological polar surface area (TPSA) is 139 Å². The number of aryl methyl sites for hydroxylation is 1. The summed E-state index contributed by atoms with van der Waals surface area (Å²) < 4.78 is 39.8. The monoisotopic (exact) mass is 519 g/mol. The van der Waals surface area contributed by atoms with E-state index in [2.05, 4.69) is 35.9 Å². The maximum Gasteiger partial charge on any atom is 0.416 e. The summed E-state index contributed by atoms with van der Waals surface area (Å²) in [5.41, 5.74) is -0.150. The molecule has 1 aliphatic heterocycles. The van der Waals surface area contributed by atoms with Gasteiger partial charge in [0.2, 0.25) is 5.91 Å². The van der Waals surface area contributed by atoms with Crippen LogP contribution in [0.25, 0.3) is 0 Å². The summed E-state index contributed by atoms with van der Waals surface area (Å²) in [4.78, 5) is 53.2. The van der Waals surface area contributed by atoms with Crippen LogP contribution < -0.4 is 16.0 Å². The quantitative estimate of drug-likeness (QED) is 0.454. The number of hydrogen-bond acceptors (Lipinski definition) is 8. The van der Waals surface area contributed by atoms with Crippen LogP contribution in [0.4, 0.5) is 24.8 Å². The Morgan fingerprint density at radius 2 is 1.92 bits per heavy atom. The summed E-state index contributed by atoms with van der Waals surface area (Å²) in [5.74, 6) is -1.28. The largest absolute Gasteiger partial charge is 0.416 e. The zero-order valence-electron chi connectivity index (χ0n) is 18.9. The van der Waals surface area contributed by atoms with E-state index in [-0.39, 0.29) is 40.8 Å². The molecule has 14 heteroatoms. The van der Waals surface area contributed by atoms with Gasteiger partial charge in [0.15, 0.2) is 0 Å². The zero-order valence-corrected chi connectivity index (χ0v) is 19.7. The number of halogens is 3. The van der Waals surface area contributed by atoms with Crippen molar-refractivity contribution in [3.8, 4) is 0 Å². The molecule has 0 aromatic carbocycles. The molecule has 3 amide bonds. The van der Waals surface area contributed by atoms with E-state index in [0.29, 0.717) is 35.7 Å². The first-order valence-electron chi connectivity index (χ1n) is 10.9. The van der Waals surface area contributed by atoms with Gasteiger partial charge in [0.05, 0.1) is 18.3 Å². The lowest BCUT2D eigenvalue weighted by Gasteiger charge is -2.13. The van der Waals surface area contributed by atoms with Crippen molar-refractivity contribution < 1.29 is 27.6 Å². The van der Waals surface area contributed by atoms with Crippen LogP contribution in [0, 0.1) is 0 Å². The highest BCUT2D eigenvalue weighted by Gasteiger charge is 2.33. The molecule has 0 aliphatic carbocycles. The van der Waals surface area contributed by atoms with Crippen molar-refractivity contribution in [2.24, 2.45) is 0 Å². The van der Waals surface area contributed by atoms with Crippen LogP contribution in [-0.2, 0) is 30.4 Å². The second-order valence-electron chi connectivity index (χ2n) is 7.78. The summed E-state index contributed by atoms with van der Waals surface area (Å²) in [6, 6.07) is 0.798. The Morgan fingerprint density at radius 1 is 1.11 bits per heavy atom. The number of alkyl halides is 3. The molecule has 1 aliphatic rings. The van der Waals surface area contributed by atoms with Crippen molar-refractivity contribution in [1.82, 2.24) is 25.3 Å². The second kappa shape index (κ2) is 10.4. The van der Waals surface area contributed by atoms with Crippen LogP contribution in [0.3, 0.4) is 0 Å². The maximum atomic E-state index is 13.3. The van der Waals surface area contributed by atoms with Crippen molar-refractivity contribution in [3.63, 3.8) is 0 Å². The first-order valence-corrected chi connectivity index (χ1v) is 11.7. The fourth-order valence-electron chi connectivity index (χ4n) is 3.58. The van der Waals surface area contributed by atoms with Crippen LogP contribution in [0.15, 0.2) is 24.8 Å². The maximum absolute atomic E-state index is 13.3. The highest BCUT2D eigenvalue weighted by Crippen LogP contribution is 2.33. The molecule has 0 radical (unpaired) electrons. The summed E-state index contributed by atoms with van der Waals surface area (Å²) in [7, 11) is 0. The second-order valence-corrected chi connectivity index (χ2v) is 8.90. The van der Waals surface area contributed by atoms with Gasteiger partial charge in [-0.15, -0.1) is 11.3 Å². The molecule has 10 nitrogen and oxygen atoms in total. The number of carbonyl (C=O) groups excluding carboxylic acids is 3. The Kier molecular flexibility index (Phi) is 7.24. The van der Waals surface area contributed by atoms with Gasteiger partial charge in [-0.3, -0.25) is 14.4 Å². The molecule has 4 rings (SSSR count). The lowest BCUT2D eigenvalue weighted by atomic mass is 10.1. The van der Waals surface area contributed by atoms with E-state index < -0.39 is 23.6 Å². The molecule has 0 saturated heterocycles. The summed E-state index contributed by atoms with van der Waals surface area (Å²) in [6.07, 6.45) is 0.446. The van der Waals surface area contributed by atoms with Crippen LogP contribution >= 0.6 is 11.3 Å². The van der Waals surface area contributed by atoms with Gasteiger partial charge in [0.1, 0.15) is 33.5 Å². The van der Waals surface area contributed by atoms with E-state index in [4.69, 9.17) is 0 Å².